The number of hydrogen-bond acceptors (Lipinski definition) is 8. The third kappa shape index (κ3) is 4.69. The van der Waals surface area contributed by atoms with Gasteiger partial charge in [-0.3, -0.25) is 4.90 Å². The molecule has 1 saturated heterocycles. The predicted molar refractivity (Wildman–Crippen MR) is 119 cm³/mol. The summed E-state index contributed by atoms with van der Waals surface area (Å²) < 4.78 is 41.0. The molecule has 2 aromatic carbocycles. The van der Waals surface area contributed by atoms with Gasteiger partial charge in [0.05, 0.1) is 6.04 Å². The number of rotatable bonds is 6. The summed E-state index contributed by atoms with van der Waals surface area (Å²) in [5, 5.41) is 3.11. The standard InChI is InChI=1S/C21H24FN7O2S/c1-15(19-25-20(23)27-21(26-19)24-16-7-3-2-4-8-16)28-11-13-29(14-12-28)32(30,31)18-10-6-5-9-17(18)22/h2-10,15H,11-14H2,1H3,(H3,23,24,25,26,27). The summed E-state index contributed by atoms with van der Waals surface area (Å²) in [5.74, 6) is 0.177. The van der Waals surface area contributed by atoms with E-state index < -0.39 is 15.8 Å². The van der Waals surface area contributed by atoms with Gasteiger partial charge in [0.1, 0.15) is 10.7 Å². The molecule has 3 aromatic rings. The van der Waals surface area contributed by atoms with Gasteiger partial charge in [-0.15, -0.1) is 0 Å². The zero-order valence-corrected chi connectivity index (χ0v) is 18.3. The molecule has 0 aliphatic carbocycles. The van der Waals surface area contributed by atoms with Gasteiger partial charge in [0.25, 0.3) is 0 Å². The fourth-order valence-electron chi connectivity index (χ4n) is 3.59. The van der Waals surface area contributed by atoms with E-state index in [9.17, 15) is 12.8 Å². The zero-order chi connectivity index (χ0) is 22.7. The monoisotopic (exact) mass is 457 g/mol. The largest absolute Gasteiger partial charge is 0.368 e. The van der Waals surface area contributed by atoms with E-state index in [1.165, 1.54) is 22.5 Å². The average Bonchev–Trinajstić information content (AvgIpc) is 2.79. The Labute approximate surface area is 186 Å². The van der Waals surface area contributed by atoms with Crippen LogP contribution >= 0.6 is 0 Å². The molecule has 0 saturated carbocycles. The maximum Gasteiger partial charge on any atom is 0.246 e. The number of benzene rings is 2. The number of nitrogen functional groups attached to an aromatic ring is 1. The SMILES string of the molecule is CC(c1nc(N)nc(Nc2ccccc2)n1)N1CCN(S(=O)(=O)c2ccccc2F)CC1. The van der Waals surface area contributed by atoms with Crippen molar-refractivity contribution in [1.29, 1.82) is 0 Å². The van der Waals surface area contributed by atoms with E-state index >= 15 is 0 Å². The van der Waals surface area contributed by atoms with Crippen molar-refractivity contribution in [3.63, 3.8) is 0 Å². The van der Waals surface area contributed by atoms with Gasteiger partial charge >= 0.3 is 0 Å². The van der Waals surface area contributed by atoms with Crippen molar-refractivity contribution in [3.8, 4) is 0 Å². The smallest absolute Gasteiger partial charge is 0.246 e. The minimum atomic E-state index is -3.89. The maximum atomic E-state index is 14.0. The van der Waals surface area contributed by atoms with Gasteiger partial charge in [0.15, 0.2) is 5.82 Å². The highest BCUT2D eigenvalue weighted by Gasteiger charge is 2.32. The van der Waals surface area contributed by atoms with Crippen LogP contribution in [-0.4, -0.2) is 58.8 Å². The predicted octanol–water partition coefficient (Wildman–Crippen LogP) is 2.40. The van der Waals surface area contributed by atoms with Crippen LogP contribution in [0.1, 0.15) is 18.8 Å². The van der Waals surface area contributed by atoms with E-state index in [0.29, 0.717) is 24.9 Å². The first-order chi connectivity index (χ1) is 15.3. The number of hydrogen-bond donors (Lipinski definition) is 2. The molecule has 0 amide bonds. The molecule has 4 rings (SSSR count). The number of halogens is 1. The Balaban J connectivity index is 1.45. The van der Waals surface area contributed by atoms with Crippen molar-refractivity contribution in [2.45, 2.75) is 17.9 Å². The second-order valence-electron chi connectivity index (χ2n) is 7.41. The Morgan fingerprint density at radius 2 is 1.62 bits per heavy atom. The molecule has 9 nitrogen and oxygen atoms in total. The Hall–Kier alpha value is -3.15. The third-order valence-corrected chi connectivity index (χ3v) is 7.28. The molecule has 1 unspecified atom stereocenters. The lowest BCUT2D eigenvalue weighted by Gasteiger charge is -2.36. The summed E-state index contributed by atoms with van der Waals surface area (Å²) in [7, 11) is -3.89. The molecule has 1 aliphatic heterocycles. The molecule has 11 heteroatoms. The van der Waals surface area contributed by atoms with Crippen molar-refractivity contribution in [2.24, 2.45) is 0 Å². The van der Waals surface area contributed by atoms with Crippen molar-refractivity contribution in [2.75, 3.05) is 37.2 Å². The highest BCUT2D eigenvalue weighted by atomic mass is 32.2. The number of sulfonamides is 1. The molecule has 0 radical (unpaired) electrons. The van der Waals surface area contributed by atoms with Crippen LogP contribution < -0.4 is 11.1 Å². The molecule has 168 valence electrons. The second kappa shape index (κ2) is 9.15. The van der Waals surface area contributed by atoms with Gasteiger partial charge in [-0.05, 0) is 31.2 Å². The molecule has 1 aromatic heterocycles. The molecule has 0 spiro atoms. The molecule has 32 heavy (non-hydrogen) atoms. The van der Waals surface area contributed by atoms with Gasteiger partial charge in [-0.25, -0.2) is 12.8 Å². The Morgan fingerprint density at radius 1 is 0.969 bits per heavy atom. The lowest BCUT2D eigenvalue weighted by Crippen LogP contribution is -2.49. The average molecular weight is 458 g/mol. The van der Waals surface area contributed by atoms with Gasteiger partial charge in [-0.1, -0.05) is 30.3 Å². The van der Waals surface area contributed by atoms with Crippen LogP contribution in [0.25, 0.3) is 0 Å². The van der Waals surface area contributed by atoms with E-state index in [4.69, 9.17) is 5.73 Å². The van der Waals surface area contributed by atoms with Gasteiger partial charge < -0.3 is 11.1 Å². The first kappa shape index (κ1) is 22.1. The zero-order valence-electron chi connectivity index (χ0n) is 17.5. The second-order valence-corrected chi connectivity index (χ2v) is 9.32. The van der Waals surface area contributed by atoms with Crippen LogP contribution in [0.4, 0.5) is 22.0 Å². The van der Waals surface area contributed by atoms with Gasteiger partial charge in [0.2, 0.25) is 21.9 Å². The molecular formula is C21H24FN7O2S. The van der Waals surface area contributed by atoms with E-state index in [1.54, 1.807) is 0 Å². The first-order valence-electron chi connectivity index (χ1n) is 10.2. The van der Waals surface area contributed by atoms with E-state index in [1.807, 2.05) is 37.3 Å². The minimum absolute atomic E-state index is 0.0982. The number of piperazine rings is 1. The molecule has 1 aliphatic rings. The molecule has 1 atom stereocenters. The normalized spacial score (nSPS) is 16.6. The van der Waals surface area contributed by atoms with Crippen LogP contribution in [0, 0.1) is 5.82 Å². The van der Waals surface area contributed by atoms with Gasteiger partial charge in [0, 0.05) is 31.9 Å². The summed E-state index contributed by atoms with van der Waals surface area (Å²) in [6, 6.07) is 14.7. The molecular weight excluding hydrogens is 433 g/mol. The number of aromatic nitrogens is 3. The van der Waals surface area contributed by atoms with Crippen LogP contribution in [0.15, 0.2) is 59.5 Å². The number of para-hydroxylation sites is 1. The fraction of sp³-hybridized carbons (Fsp3) is 0.286. The summed E-state index contributed by atoms with van der Waals surface area (Å²) in [5.41, 5.74) is 6.72. The van der Waals surface area contributed by atoms with Crippen molar-refractivity contribution in [3.05, 3.63) is 66.2 Å². The molecule has 3 N–H and O–H groups in total. The van der Waals surface area contributed by atoms with E-state index in [0.717, 1.165) is 11.8 Å². The molecule has 0 bridgehead atoms. The highest BCUT2D eigenvalue weighted by Crippen LogP contribution is 2.25. The lowest BCUT2D eigenvalue weighted by molar-refractivity contribution is 0.141. The first-order valence-corrected chi connectivity index (χ1v) is 11.6. The van der Waals surface area contributed by atoms with Crippen LogP contribution in [0.2, 0.25) is 0 Å². The van der Waals surface area contributed by atoms with Crippen LogP contribution in [-0.2, 0) is 10.0 Å². The molecule has 1 fully saturated rings. The number of anilines is 3. The van der Waals surface area contributed by atoms with Gasteiger partial charge in [-0.2, -0.15) is 19.3 Å². The quantitative estimate of drug-likeness (QED) is 0.580. The Bertz CT molecular complexity index is 1190. The Kier molecular flexibility index (Phi) is 6.31. The lowest BCUT2D eigenvalue weighted by atomic mass is 10.2. The summed E-state index contributed by atoms with van der Waals surface area (Å²) in [4.78, 5) is 14.7. The topological polar surface area (TPSA) is 117 Å². The van der Waals surface area contributed by atoms with E-state index in [-0.39, 0.29) is 30.0 Å². The summed E-state index contributed by atoms with van der Waals surface area (Å²) in [6.07, 6.45) is 0. The third-order valence-electron chi connectivity index (χ3n) is 5.35. The number of nitrogens with one attached hydrogen (secondary N) is 1. The highest BCUT2D eigenvalue weighted by molar-refractivity contribution is 7.89. The summed E-state index contributed by atoms with van der Waals surface area (Å²) in [6.45, 7) is 3.29. The van der Waals surface area contributed by atoms with Crippen molar-refractivity contribution >= 4 is 27.6 Å². The maximum absolute atomic E-state index is 14.0. The summed E-state index contributed by atoms with van der Waals surface area (Å²) >= 11 is 0. The van der Waals surface area contributed by atoms with Crippen molar-refractivity contribution < 1.29 is 12.8 Å². The van der Waals surface area contributed by atoms with E-state index in [2.05, 4.69) is 25.2 Å². The Morgan fingerprint density at radius 3 is 2.31 bits per heavy atom. The number of nitrogens with two attached hydrogens (primary N) is 1. The van der Waals surface area contributed by atoms with Crippen molar-refractivity contribution in [1.82, 2.24) is 24.2 Å². The van der Waals surface area contributed by atoms with Crippen LogP contribution in [0.5, 0.6) is 0 Å². The van der Waals surface area contributed by atoms with Crippen LogP contribution in [0.3, 0.4) is 0 Å². The fourth-order valence-corrected chi connectivity index (χ4v) is 5.08. The minimum Gasteiger partial charge on any atom is -0.368 e. The molecule has 2 heterocycles. The number of nitrogens with zero attached hydrogens (tertiary/aromatic N) is 5.